The topological polar surface area (TPSA) is 48.9 Å². The van der Waals surface area contributed by atoms with Gasteiger partial charge in [0, 0.05) is 5.56 Å². The van der Waals surface area contributed by atoms with E-state index in [2.05, 4.69) is 9.97 Å². The maximum Gasteiger partial charge on any atom is 0.418 e. The maximum atomic E-state index is 12.4. The van der Waals surface area contributed by atoms with Crippen LogP contribution in [0.1, 0.15) is 17.5 Å². The fourth-order valence-electron chi connectivity index (χ4n) is 1.57. The van der Waals surface area contributed by atoms with Gasteiger partial charge in [0.15, 0.2) is 6.10 Å². The van der Waals surface area contributed by atoms with Crippen LogP contribution in [0.2, 0.25) is 0 Å². The molecule has 0 unspecified atom stereocenters. The van der Waals surface area contributed by atoms with E-state index in [1.54, 1.807) is 13.0 Å². The molecule has 0 aliphatic carbocycles. The Morgan fingerprint density at radius 1 is 1.38 bits per heavy atom. The van der Waals surface area contributed by atoms with E-state index in [4.69, 9.17) is 0 Å². The van der Waals surface area contributed by atoms with Gasteiger partial charge in [0.25, 0.3) is 0 Å². The minimum absolute atomic E-state index is 0.157. The van der Waals surface area contributed by atoms with Crippen molar-refractivity contribution >= 4 is 11.0 Å². The van der Waals surface area contributed by atoms with Crippen molar-refractivity contribution in [3.05, 3.63) is 29.6 Å². The number of nitrogens with zero attached hydrogens (tertiary/aromatic N) is 1. The van der Waals surface area contributed by atoms with Crippen molar-refractivity contribution in [1.29, 1.82) is 0 Å². The fraction of sp³-hybridized carbons (Fsp3) is 0.300. The van der Waals surface area contributed by atoms with Gasteiger partial charge in [-0.05, 0) is 13.0 Å². The highest BCUT2D eigenvalue weighted by molar-refractivity contribution is 5.79. The number of alkyl halides is 3. The highest BCUT2D eigenvalue weighted by Gasteiger charge is 2.40. The van der Waals surface area contributed by atoms with Crippen LogP contribution in [0.15, 0.2) is 18.2 Å². The number of aromatic amines is 1. The molecule has 3 nitrogen and oxygen atoms in total. The van der Waals surface area contributed by atoms with Crippen LogP contribution in [0, 0.1) is 6.92 Å². The molecular weight excluding hydrogens is 221 g/mol. The Hall–Kier alpha value is -1.56. The first-order valence-corrected chi connectivity index (χ1v) is 4.59. The molecule has 0 amide bonds. The molecule has 0 saturated heterocycles. The minimum Gasteiger partial charge on any atom is -0.379 e. The number of aromatic nitrogens is 2. The van der Waals surface area contributed by atoms with Gasteiger partial charge in [-0.3, -0.25) is 0 Å². The molecule has 0 radical (unpaired) electrons. The SMILES string of the molecule is Cc1nc2c([C@@H](O)C(F)(F)F)cccc2[nH]1. The number of aryl methyl sites for hydroxylation is 1. The van der Waals surface area contributed by atoms with E-state index in [1.165, 1.54) is 12.1 Å². The molecule has 0 spiro atoms. The third-order valence-electron chi connectivity index (χ3n) is 2.27. The van der Waals surface area contributed by atoms with Gasteiger partial charge in [0.1, 0.15) is 5.82 Å². The van der Waals surface area contributed by atoms with Gasteiger partial charge in [0.2, 0.25) is 0 Å². The van der Waals surface area contributed by atoms with Crippen molar-refractivity contribution in [2.24, 2.45) is 0 Å². The van der Waals surface area contributed by atoms with Gasteiger partial charge in [-0.1, -0.05) is 12.1 Å². The molecule has 0 aliphatic rings. The van der Waals surface area contributed by atoms with Crippen LogP contribution in [0.25, 0.3) is 11.0 Å². The molecular formula is C10H9F3N2O. The fourth-order valence-corrected chi connectivity index (χ4v) is 1.57. The first-order valence-electron chi connectivity index (χ1n) is 4.59. The van der Waals surface area contributed by atoms with E-state index in [0.717, 1.165) is 0 Å². The van der Waals surface area contributed by atoms with Crippen molar-refractivity contribution in [2.45, 2.75) is 19.2 Å². The van der Waals surface area contributed by atoms with E-state index >= 15 is 0 Å². The van der Waals surface area contributed by atoms with Crippen molar-refractivity contribution in [3.8, 4) is 0 Å². The van der Waals surface area contributed by atoms with E-state index in [9.17, 15) is 18.3 Å². The highest BCUT2D eigenvalue weighted by Crippen LogP contribution is 2.35. The molecule has 1 heterocycles. The number of benzene rings is 1. The zero-order valence-electron chi connectivity index (χ0n) is 8.34. The number of aliphatic hydroxyl groups is 1. The summed E-state index contributed by atoms with van der Waals surface area (Å²) >= 11 is 0. The number of halogens is 3. The molecule has 1 aromatic heterocycles. The highest BCUT2D eigenvalue weighted by atomic mass is 19.4. The number of fused-ring (bicyclic) bond motifs is 1. The lowest BCUT2D eigenvalue weighted by molar-refractivity contribution is -0.206. The Kier molecular flexibility index (Phi) is 2.38. The number of rotatable bonds is 1. The number of nitrogens with one attached hydrogen (secondary N) is 1. The number of imidazole rings is 1. The summed E-state index contributed by atoms with van der Waals surface area (Å²) in [5, 5.41) is 9.19. The zero-order valence-corrected chi connectivity index (χ0v) is 8.34. The molecule has 1 atom stereocenters. The summed E-state index contributed by atoms with van der Waals surface area (Å²) in [6.45, 7) is 1.64. The van der Waals surface area contributed by atoms with E-state index in [0.29, 0.717) is 11.3 Å². The Morgan fingerprint density at radius 2 is 2.06 bits per heavy atom. The summed E-state index contributed by atoms with van der Waals surface area (Å²) in [6.07, 6.45) is -7.18. The summed E-state index contributed by atoms with van der Waals surface area (Å²) in [6, 6.07) is 4.28. The molecule has 0 saturated carbocycles. The second-order valence-corrected chi connectivity index (χ2v) is 3.51. The monoisotopic (exact) mass is 230 g/mol. The normalized spacial score (nSPS) is 14.3. The van der Waals surface area contributed by atoms with Crippen LogP contribution in [0.4, 0.5) is 13.2 Å². The van der Waals surface area contributed by atoms with Crippen LogP contribution >= 0.6 is 0 Å². The Morgan fingerprint density at radius 3 is 2.69 bits per heavy atom. The number of para-hydroxylation sites is 1. The first kappa shape index (κ1) is 10.9. The van der Waals surface area contributed by atoms with Crippen molar-refractivity contribution < 1.29 is 18.3 Å². The van der Waals surface area contributed by atoms with Gasteiger partial charge < -0.3 is 10.1 Å². The molecule has 16 heavy (non-hydrogen) atoms. The molecule has 2 aromatic rings. The van der Waals surface area contributed by atoms with Gasteiger partial charge in [0.05, 0.1) is 11.0 Å². The molecule has 86 valence electrons. The molecule has 2 N–H and O–H groups in total. The Labute approximate surface area is 88.9 Å². The zero-order chi connectivity index (χ0) is 11.9. The lowest BCUT2D eigenvalue weighted by Gasteiger charge is -2.14. The Bertz CT molecular complexity index is 518. The number of hydrogen-bond donors (Lipinski definition) is 2. The van der Waals surface area contributed by atoms with Crippen LogP contribution in [-0.2, 0) is 0 Å². The first-order chi connectivity index (χ1) is 7.39. The lowest BCUT2D eigenvalue weighted by atomic mass is 10.1. The second-order valence-electron chi connectivity index (χ2n) is 3.51. The lowest BCUT2D eigenvalue weighted by Crippen LogP contribution is -2.20. The molecule has 1 aromatic carbocycles. The summed E-state index contributed by atoms with van der Waals surface area (Å²) in [7, 11) is 0. The number of H-pyrrole nitrogens is 1. The number of hydrogen-bond acceptors (Lipinski definition) is 2. The average molecular weight is 230 g/mol. The van der Waals surface area contributed by atoms with Crippen LogP contribution in [0.5, 0.6) is 0 Å². The summed E-state index contributed by atoms with van der Waals surface area (Å²) in [4.78, 5) is 6.75. The van der Waals surface area contributed by atoms with Gasteiger partial charge >= 0.3 is 6.18 Å². The summed E-state index contributed by atoms with van der Waals surface area (Å²) in [5.74, 6) is 0.511. The third kappa shape index (κ3) is 1.76. The minimum atomic E-state index is -4.68. The van der Waals surface area contributed by atoms with Crippen LogP contribution < -0.4 is 0 Å². The maximum absolute atomic E-state index is 12.4. The standard InChI is InChI=1S/C10H9F3N2O/c1-5-14-7-4-2-3-6(8(7)15-5)9(16)10(11,12)13/h2-4,9,16H,1H3,(H,14,15)/t9-/m1/s1. The van der Waals surface area contributed by atoms with Gasteiger partial charge in [-0.2, -0.15) is 13.2 Å². The predicted molar refractivity (Wildman–Crippen MR) is 51.8 cm³/mol. The predicted octanol–water partition coefficient (Wildman–Crippen LogP) is 2.47. The van der Waals surface area contributed by atoms with E-state index in [1.807, 2.05) is 0 Å². The molecule has 0 bridgehead atoms. The second kappa shape index (κ2) is 3.48. The quantitative estimate of drug-likeness (QED) is 0.790. The molecule has 2 rings (SSSR count). The summed E-state index contributed by atoms with van der Waals surface area (Å²) in [5.41, 5.74) is 0.414. The van der Waals surface area contributed by atoms with Crippen LogP contribution in [-0.4, -0.2) is 21.3 Å². The molecule has 6 heteroatoms. The van der Waals surface area contributed by atoms with Crippen LogP contribution in [0.3, 0.4) is 0 Å². The van der Waals surface area contributed by atoms with Crippen molar-refractivity contribution in [2.75, 3.05) is 0 Å². The summed E-state index contributed by atoms with van der Waals surface area (Å²) < 4.78 is 37.1. The van der Waals surface area contributed by atoms with Gasteiger partial charge in [-0.25, -0.2) is 4.98 Å². The van der Waals surface area contributed by atoms with Gasteiger partial charge in [-0.15, -0.1) is 0 Å². The van der Waals surface area contributed by atoms with Crippen molar-refractivity contribution in [1.82, 2.24) is 9.97 Å². The molecule has 0 fully saturated rings. The average Bonchev–Trinajstić information content (AvgIpc) is 2.54. The number of aliphatic hydroxyl groups excluding tert-OH is 1. The van der Waals surface area contributed by atoms with E-state index in [-0.39, 0.29) is 11.1 Å². The van der Waals surface area contributed by atoms with Crippen molar-refractivity contribution in [3.63, 3.8) is 0 Å². The smallest absolute Gasteiger partial charge is 0.379 e. The third-order valence-corrected chi connectivity index (χ3v) is 2.27. The Balaban J connectivity index is 2.60. The molecule has 0 aliphatic heterocycles. The largest absolute Gasteiger partial charge is 0.418 e. The van der Waals surface area contributed by atoms with E-state index < -0.39 is 12.3 Å².